The maximum absolute atomic E-state index is 12.9. The molecule has 1 heterocycles. The number of nitrogens with zero attached hydrogens (tertiary/aromatic N) is 2. The minimum Gasteiger partial charge on any atom is -0.317 e. The zero-order valence-corrected chi connectivity index (χ0v) is 21.9. The van der Waals surface area contributed by atoms with Crippen LogP contribution in [0.4, 0.5) is 11.4 Å². The lowest BCUT2D eigenvalue weighted by atomic mass is 9.99. The van der Waals surface area contributed by atoms with E-state index in [1.54, 1.807) is 24.3 Å². The van der Waals surface area contributed by atoms with E-state index >= 15 is 0 Å². The summed E-state index contributed by atoms with van der Waals surface area (Å²) in [4.78, 5) is 25.9. The van der Waals surface area contributed by atoms with Gasteiger partial charge in [0.15, 0.2) is 0 Å². The molecule has 0 fully saturated rings. The molecule has 2 amide bonds. The highest BCUT2D eigenvalue weighted by Crippen LogP contribution is 2.28. The average Bonchev–Trinajstić information content (AvgIpc) is 2.89. The number of amides is 2. The number of halogens is 2. The van der Waals surface area contributed by atoms with Crippen LogP contribution in [-0.4, -0.2) is 23.2 Å². The first kappa shape index (κ1) is 23.8. The number of hydrogen-bond acceptors (Lipinski definition) is 4. The minimum atomic E-state index is -0.793. The van der Waals surface area contributed by atoms with E-state index in [0.717, 1.165) is 20.1 Å². The fourth-order valence-electron chi connectivity index (χ4n) is 3.83. The molecule has 0 bridgehead atoms. The van der Waals surface area contributed by atoms with E-state index in [2.05, 4.69) is 42.5 Å². The summed E-state index contributed by atoms with van der Waals surface area (Å²) < 4.78 is 1.58. The molecule has 0 saturated carbocycles. The van der Waals surface area contributed by atoms with Gasteiger partial charge < -0.3 is 10.6 Å². The highest BCUT2D eigenvalue weighted by molar-refractivity contribution is 9.10. The molecule has 2 N–H and O–H groups in total. The van der Waals surface area contributed by atoms with E-state index < -0.39 is 11.8 Å². The molecule has 36 heavy (non-hydrogen) atoms. The molecular formula is C28H18Br2N4O2. The van der Waals surface area contributed by atoms with Crippen LogP contribution in [0.15, 0.2) is 116 Å². The van der Waals surface area contributed by atoms with Crippen LogP contribution in [0, 0.1) is 0 Å². The molecule has 176 valence electrons. The number of anilines is 2. The van der Waals surface area contributed by atoms with Gasteiger partial charge in [-0.25, -0.2) is 0 Å². The summed E-state index contributed by atoms with van der Waals surface area (Å²) >= 11 is 7.03. The first-order valence-electron chi connectivity index (χ1n) is 11.0. The first-order chi connectivity index (χ1) is 17.5. The van der Waals surface area contributed by atoms with Crippen LogP contribution >= 0.6 is 31.9 Å². The molecule has 1 aliphatic heterocycles. The van der Waals surface area contributed by atoms with Gasteiger partial charge in [0.2, 0.25) is 0 Å². The molecule has 0 aliphatic carbocycles. The standard InChI is InChI=1S/C28H18Br2N4O2/c29-19-11-13-23-21(15-19)25(17-7-3-1-4-8-17)33-34-26(18-9-5-2-6-10-18)22-16-20(30)12-14-24(22)32-28(36)27(35)31-23/h1-16H,(H,31,35)(H,32,36). The van der Waals surface area contributed by atoms with Gasteiger partial charge in [-0.3, -0.25) is 9.59 Å². The predicted octanol–water partition coefficient (Wildman–Crippen LogP) is 6.39. The van der Waals surface area contributed by atoms with Crippen molar-refractivity contribution >= 4 is 66.5 Å². The second-order valence-corrected chi connectivity index (χ2v) is 9.75. The van der Waals surface area contributed by atoms with E-state index in [1.165, 1.54) is 0 Å². The van der Waals surface area contributed by atoms with Crippen molar-refractivity contribution in [3.8, 4) is 0 Å². The van der Waals surface area contributed by atoms with Crippen molar-refractivity contribution in [2.45, 2.75) is 0 Å². The Morgan fingerprint density at radius 1 is 0.528 bits per heavy atom. The van der Waals surface area contributed by atoms with Crippen molar-refractivity contribution < 1.29 is 9.59 Å². The number of fused-ring (bicyclic) bond motifs is 2. The van der Waals surface area contributed by atoms with Gasteiger partial charge >= 0.3 is 11.8 Å². The summed E-state index contributed by atoms with van der Waals surface area (Å²) in [6.07, 6.45) is 0. The summed E-state index contributed by atoms with van der Waals surface area (Å²) in [5.41, 5.74) is 4.79. The smallest absolute Gasteiger partial charge is 0.314 e. The molecular weight excluding hydrogens is 584 g/mol. The normalized spacial score (nSPS) is 16.5. The van der Waals surface area contributed by atoms with Gasteiger partial charge in [0.1, 0.15) is 11.4 Å². The number of carbonyl (C=O) groups is 2. The van der Waals surface area contributed by atoms with Crippen LogP contribution in [0.3, 0.4) is 0 Å². The maximum Gasteiger partial charge on any atom is 0.314 e. The number of nitrogens with one attached hydrogen (secondary N) is 2. The monoisotopic (exact) mass is 600 g/mol. The molecule has 4 aromatic carbocycles. The van der Waals surface area contributed by atoms with Crippen LogP contribution in [0.5, 0.6) is 0 Å². The number of benzene rings is 4. The molecule has 4 aromatic rings. The SMILES string of the molecule is O=C1Nc2ccc(Br)cc2/C(c2ccccc2)=N\N=C(\c2ccccc2)c2cc(Br)ccc2NC1=O. The lowest BCUT2D eigenvalue weighted by molar-refractivity contribution is -0.133. The Bertz CT molecular complexity index is 1420. The Kier molecular flexibility index (Phi) is 6.88. The van der Waals surface area contributed by atoms with Gasteiger partial charge in [0, 0.05) is 31.2 Å². The fraction of sp³-hybridized carbons (Fsp3) is 0. The average molecular weight is 602 g/mol. The highest BCUT2D eigenvalue weighted by atomic mass is 79.9. The van der Waals surface area contributed by atoms with Crippen molar-refractivity contribution in [1.82, 2.24) is 0 Å². The number of rotatable bonds is 2. The van der Waals surface area contributed by atoms with Gasteiger partial charge in [0.25, 0.3) is 0 Å². The lowest BCUT2D eigenvalue weighted by Crippen LogP contribution is -2.30. The van der Waals surface area contributed by atoms with E-state index in [9.17, 15) is 9.59 Å². The van der Waals surface area contributed by atoms with E-state index in [-0.39, 0.29) is 0 Å². The summed E-state index contributed by atoms with van der Waals surface area (Å²) in [6.45, 7) is 0. The zero-order valence-electron chi connectivity index (χ0n) is 18.7. The van der Waals surface area contributed by atoms with E-state index in [1.807, 2.05) is 72.8 Å². The molecule has 8 heteroatoms. The van der Waals surface area contributed by atoms with Crippen molar-refractivity contribution in [3.63, 3.8) is 0 Å². The lowest BCUT2D eigenvalue weighted by Gasteiger charge is -2.17. The summed E-state index contributed by atoms with van der Waals surface area (Å²) in [6, 6.07) is 29.9. The third-order valence-electron chi connectivity index (χ3n) is 5.52. The van der Waals surface area contributed by atoms with Crippen molar-refractivity contribution in [3.05, 3.63) is 128 Å². The Morgan fingerprint density at radius 2 is 0.917 bits per heavy atom. The van der Waals surface area contributed by atoms with E-state index in [4.69, 9.17) is 10.2 Å². The summed E-state index contributed by atoms with van der Waals surface area (Å²) in [5, 5.41) is 14.9. The molecule has 5 rings (SSSR count). The predicted molar refractivity (Wildman–Crippen MR) is 150 cm³/mol. The molecule has 0 radical (unpaired) electrons. The Labute approximate surface area is 224 Å². The van der Waals surface area contributed by atoms with Gasteiger partial charge in [-0.2, -0.15) is 0 Å². The summed E-state index contributed by atoms with van der Waals surface area (Å²) in [7, 11) is 0. The number of hydrogen-bond donors (Lipinski definition) is 2. The van der Waals surface area contributed by atoms with Gasteiger partial charge in [0.05, 0.1) is 11.4 Å². The second-order valence-electron chi connectivity index (χ2n) is 7.92. The third-order valence-corrected chi connectivity index (χ3v) is 6.51. The van der Waals surface area contributed by atoms with Crippen LogP contribution in [0.25, 0.3) is 0 Å². The van der Waals surface area contributed by atoms with Crippen LogP contribution in [0.1, 0.15) is 22.3 Å². The van der Waals surface area contributed by atoms with Crippen molar-refractivity contribution in [2.24, 2.45) is 10.2 Å². The minimum absolute atomic E-state index is 0.439. The molecule has 0 saturated heterocycles. The molecule has 0 unspecified atom stereocenters. The Balaban J connectivity index is 1.85. The molecule has 1 aliphatic rings. The molecule has 0 aromatic heterocycles. The fourth-order valence-corrected chi connectivity index (χ4v) is 4.55. The highest BCUT2D eigenvalue weighted by Gasteiger charge is 2.22. The zero-order chi connectivity index (χ0) is 25.1. The first-order valence-corrected chi connectivity index (χ1v) is 12.6. The van der Waals surface area contributed by atoms with Gasteiger partial charge in [-0.15, -0.1) is 10.2 Å². The maximum atomic E-state index is 12.9. The molecule has 0 spiro atoms. The Hall–Kier alpha value is -3.88. The van der Waals surface area contributed by atoms with Crippen LogP contribution in [0.2, 0.25) is 0 Å². The van der Waals surface area contributed by atoms with Gasteiger partial charge in [-0.1, -0.05) is 92.5 Å². The summed E-state index contributed by atoms with van der Waals surface area (Å²) in [5.74, 6) is -1.59. The Morgan fingerprint density at radius 3 is 1.31 bits per heavy atom. The van der Waals surface area contributed by atoms with E-state index in [0.29, 0.717) is 33.9 Å². The largest absolute Gasteiger partial charge is 0.317 e. The number of carbonyl (C=O) groups excluding carboxylic acids is 2. The van der Waals surface area contributed by atoms with Crippen LogP contribution in [-0.2, 0) is 9.59 Å². The third kappa shape index (κ3) is 5.05. The topological polar surface area (TPSA) is 82.9 Å². The molecule has 0 atom stereocenters. The second kappa shape index (κ2) is 10.4. The van der Waals surface area contributed by atoms with Crippen LogP contribution < -0.4 is 10.6 Å². The van der Waals surface area contributed by atoms with Crippen molar-refractivity contribution in [2.75, 3.05) is 10.6 Å². The van der Waals surface area contributed by atoms with Crippen molar-refractivity contribution in [1.29, 1.82) is 0 Å². The molecule has 6 nitrogen and oxygen atoms in total. The van der Waals surface area contributed by atoms with Gasteiger partial charge in [-0.05, 0) is 36.4 Å². The quantitative estimate of drug-likeness (QED) is 0.261.